The molecule has 1 aromatic rings. The second-order valence-corrected chi connectivity index (χ2v) is 2.79. The SMILES string of the molecule is Nc1ccnn1C1CCC1. The van der Waals surface area contributed by atoms with Gasteiger partial charge in [-0.15, -0.1) is 0 Å². The molecule has 0 amide bonds. The van der Waals surface area contributed by atoms with Crippen LogP contribution in [0.15, 0.2) is 12.3 Å². The van der Waals surface area contributed by atoms with Crippen LogP contribution in [-0.4, -0.2) is 9.78 Å². The lowest BCUT2D eigenvalue weighted by Crippen LogP contribution is -2.19. The van der Waals surface area contributed by atoms with Crippen molar-refractivity contribution in [2.45, 2.75) is 25.3 Å². The molecular weight excluding hydrogens is 126 g/mol. The van der Waals surface area contributed by atoms with E-state index in [1.807, 2.05) is 10.7 Å². The minimum atomic E-state index is 0.593. The average Bonchev–Trinajstić information content (AvgIpc) is 2.12. The fraction of sp³-hybridized carbons (Fsp3) is 0.571. The zero-order valence-electron chi connectivity index (χ0n) is 5.83. The Labute approximate surface area is 59.8 Å². The van der Waals surface area contributed by atoms with Gasteiger partial charge in [0.05, 0.1) is 12.2 Å². The van der Waals surface area contributed by atoms with Gasteiger partial charge >= 0.3 is 0 Å². The van der Waals surface area contributed by atoms with E-state index >= 15 is 0 Å². The van der Waals surface area contributed by atoms with Gasteiger partial charge in [0.1, 0.15) is 5.82 Å². The van der Waals surface area contributed by atoms with Gasteiger partial charge in [-0.3, -0.25) is 0 Å². The maximum absolute atomic E-state index is 5.65. The van der Waals surface area contributed by atoms with E-state index in [0.29, 0.717) is 6.04 Å². The van der Waals surface area contributed by atoms with E-state index in [1.165, 1.54) is 19.3 Å². The van der Waals surface area contributed by atoms with Crippen LogP contribution in [0, 0.1) is 0 Å². The van der Waals surface area contributed by atoms with Crippen molar-refractivity contribution in [3.8, 4) is 0 Å². The van der Waals surface area contributed by atoms with Crippen LogP contribution in [-0.2, 0) is 0 Å². The zero-order chi connectivity index (χ0) is 6.97. The smallest absolute Gasteiger partial charge is 0.121 e. The molecule has 10 heavy (non-hydrogen) atoms. The first-order valence-corrected chi connectivity index (χ1v) is 3.67. The standard InChI is InChI=1S/C7H11N3/c8-7-4-5-9-10(7)6-2-1-3-6/h4-6H,1-3,8H2. The van der Waals surface area contributed by atoms with Crippen molar-refractivity contribution in [2.24, 2.45) is 0 Å². The van der Waals surface area contributed by atoms with Crippen molar-refractivity contribution in [3.63, 3.8) is 0 Å². The molecule has 1 aliphatic rings. The summed E-state index contributed by atoms with van der Waals surface area (Å²) in [7, 11) is 0. The third-order valence-electron chi connectivity index (χ3n) is 2.12. The molecule has 2 N–H and O–H groups in total. The van der Waals surface area contributed by atoms with Gasteiger partial charge < -0.3 is 5.73 Å². The predicted octanol–water partition coefficient (Wildman–Crippen LogP) is 1.19. The number of nitrogens with two attached hydrogens (primary N) is 1. The molecule has 54 valence electrons. The Hall–Kier alpha value is -0.990. The van der Waals surface area contributed by atoms with Crippen LogP contribution in [0.25, 0.3) is 0 Å². The summed E-state index contributed by atoms with van der Waals surface area (Å²) >= 11 is 0. The van der Waals surface area contributed by atoms with E-state index < -0.39 is 0 Å². The van der Waals surface area contributed by atoms with Crippen molar-refractivity contribution in [1.29, 1.82) is 0 Å². The summed E-state index contributed by atoms with van der Waals surface area (Å²) in [5.41, 5.74) is 5.65. The van der Waals surface area contributed by atoms with E-state index in [-0.39, 0.29) is 0 Å². The van der Waals surface area contributed by atoms with Gasteiger partial charge in [0.25, 0.3) is 0 Å². The molecule has 2 rings (SSSR count). The van der Waals surface area contributed by atoms with Gasteiger partial charge in [0.2, 0.25) is 0 Å². The van der Waals surface area contributed by atoms with Crippen molar-refractivity contribution in [3.05, 3.63) is 12.3 Å². The quantitative estimate of drug-likeness (QED) is 0.631. The van der Waals surface area contributed by atoms with Crippen molar-refractivity contribution in [1.82, 2.24) is 9.78 Å². The first kappa shape index (κ1) is 5.77. The van der Waals surface area contributed by atoms with E-state index in [9.17, 15) is 0 Å². The number of nitrogen functional groups attached to an aromatic ring is 1. The number of hydrogen-bond donors (Lipinski definition) is 1. The summed E-state index contributed by atoms with van der Waals surface area (Å²) in [5.74, 6) is 0.796. The highest BCUT2D eigenvalue weighted by Crippen LogP contribution is 2.32. The molecule has 1 heterocycles. The molecule has 1 aromatic heterocycles. The Balaban J connectivity index is 2.23. The number of nitrogens with zero attached hydrogens (tertiary/aromatic N) is 2. The van der Waals surface area contributed by atoms with Gasteiger partial charge in [-0.25, -0.2) is 4.68 Å². The Morgan fingerprint density at radius 3 is 2.80 bits per heavy atom. The monoisotopic (exact) mass is 137 g/mol. The van der Waals surface area contributed by atoms with Crippen LogP contribution in [0.4, 0.5) is 5.82 Å². The summed E-state index contributed by atoms with van der Waals surface area (Å²) in [6, 6.07) is 2.44. The molecule has 1 saturated carbocycles. The lowest BCUT2D eigenvalue weighted by atomic mass is 9.93. The van der Waals surface area contributed by atoms with Gasteiger partial charge in [-0.1, -0.05) is 0 Å². The molecule has 0 atom stereocenters. The normalized spacial score (nSPS) is 18.8. The maximum atomic E-state index is 5.65. The first-order chi connectivity index (χ1) is 4.88. The lowest BCUT2D eigenvalue weighted by Gasteiger charge is -2.26. The van der Waals surface area contributed by atoms with Crippen molar-refractivity contribution < 1.29 is 0 Å². The van der Waals surface area contributed by atoms with E-state index in [0.717, 1.165) is 5.82 Å². The number of rotatable bonds is 1. The second-order valence-electron chi connectivity index (χ2n) is 2.79. The second kappa shape index (κ2) is 2.01. The molecule has 3 nitrogen and oxygen atoms in total. The molecule has 3 heteroatoms. The molecule has 0 unspecified atom stereocenters. The minimum absolute atomic E-state index is 0.593. The number of hydrogen-bond acceptors (Lipinski definition) is 2. The third-order valence-corrected chi connectivity index (χ3v) is 2.12. The molecule has 1 fully saturated rings. The highest BCUT2D eigenvalue weighted by molar-refractivity contribution is 5.26. The summed E-state index contributed by atoms with van der Waals surface area (Å²) in [6.07, 6.45) is 5.56. The molecule has 1 aliphatic carbocycles. The average molecular weight is 137 g/mol. The van der Waals surface area contributed by atoms with E-state index in [4.69, 9.17) is 5.73 Å². The summed E-state index contributed by atoms with van der Waals surface area (Å²) in [5, 5.41) is 4.13. The zero-order valence-corrected chi connectivity index (χ0v) is 5.83. The number of anilines is 1. The Morgan fingerprint density at radius 1 is 1.60 bits per heavy atom. The lowest BCUT2D eigenvalue weighted by molar-refractivity contribution is 0.293. The maximum Gasteiger partial charge on any atom is 0.121 e. The first-order valence-electron chi connectivity index (χ1n) is 3.67. The molecule has 0 saturated heterocycles. The van der Waals surface area contributed by atoms with E-state index in [2.05, 4.69) is 5.10 Å². The summed E-state index contributed by atoms with van der Waals surface area (Å²) in [6.45, 7) is 0. The van der Waals surface area contributed by atoms with Gasteiger partial charge in [0.15, 0.2) is 0 Å². The summed E-state index contributed by atoms with van der Waals surface area (Å²) < 4.78 is 1.92. The van der Waals surface area contributed by atoms with Crippen LogP contribution in [0.2, 0.25) is 0 Å². The highest BCUT2D eigenvalue weighted by atomic mass is 15.3. The highest BCUT2D eigenvalue weighted by Gasteiger charge is 2.20. The van der Waals surface area contributed by atoms with Crippen LogP contribution >= 0.6 is 0 Å². The Kier molecular flexibility index (Phi) is 1.16. The van der Waals surface area contributed by atoms with Gasteiger partial charge in [-0.05, 0) is 25.3 Å². The Bertz CT molecular complexity index is 225. The largest absolute Gasteiger partial charge is 0.384 e. The van der Waals surface area contributed by atoms with Crippen LogP contribution in [0.5, 0.6) is 0 Å². The fourth-order valence-corrected chi connectivity index (χ4v) is 1.26. The third kappa shape index (κ3) is 0.701. The molecule has 0 radical (unpaired) electrons. The molecular formula is C7H11N3. The van der Waals surface area contributed by atoms with Crippen LogP contribution < -0.4 is 5.73 Å². The van der Waals surface area contributed by atoms with Gasteiger partial charge in [-0.2, -0.15) is 5.10 Å². The fourth-order valence-electron chi connectivity index (χ4n) is 1.26. The summed E-state index contributed by atoms with van der Waals surface area (Å²) in [4.78, 5) is 0. The van der Waals surface area contributed by atoms with Crippen molar-refractivity contribution in [2.75, 3.05) is 5.73 Å². The molecule has 0 spiro atoms. The van der Waals surface area contributed by atoms with Crippen LogP contribution in [0.3, 0.4) is 0 Å². The van der Waals surface area contributed by atoms with Gasteiger partial charge in [0, 0.05) is 0 Å². The molecule has 0 bridgehead atoms. The predicted molar refractivity (Wildman–Crippen MR) is 39.5 cm³/mol. The van der Waals surface area contributed by atoms with E-state index in [1.54, 1.807) is 6.20 Å². The molecule has 0 aromatic carbocycles. The Morgan fingerprint density at radius 2 is 2.40 bits per heavy atom. The minimum Gasteiger partial charge on any atom is -0.384 e. The molecule has 0 aliphatic heterocycles. The van der Waals surface area contributed by atoms with Crippen molar-refractivity contribution >= 4 is 5.82 Å². The topological polar surface area (TPSA) is 43.8 Å². The van der Waals surface area contributed by atoms with Crippen LogP contribution in [0.1, 0.15) is 25.3 Å². The number of aromatic nitrogens is 2.